The van der Waals surface area contributed by atoms with E-state index in [0.717, 1.165) is 42.6 Å². The number of rotatable bonds is 5. The third-order valence-electron chi connectivity index (χ3n) is 3.92. The number of hydrogen-bond acceptors (Lipinski definition) is 4. The van der Waals surface area contributed by atoms with E-state index in [1.165, 1.54) is 0 Å². The van der Waals surface area contributed by atoms with Crippen molar-refractivity contribution in [2.75, 3.05) is 13.1 Å². The molecule has 7 heteroatoms. The molecule has 1 aromatic carbocycles. The molecule has 2 heterocycles. The summed E-state index contributed by atoms with van der Waals surface area (Å²) in [4.78, 5) is 3.21. The first kappa shape index (κ1) is 16.0. The largest absolute Gasteiger partial charge is 0.481 e. The minimum atomic E-state index is 0.532. The predicted molar refractivity (Wildman–Crippen MR) is 91.5 cm³/mol. The molecule has 3 rings (SSSR count). The van der Waals surface area contributed by atoms with Crippen LogP contribution in [0.15, 0.2) is 41.8 Å². The fourth-order valence-corrected chi connectivity index (χ4v) is 2.45. The van der Waals surface area contributed by atoms with E-state index in [1.807, 2.05) is 50.8 Å². The molecule has 0 bridgehead atoms. The Morgan fingerprint density at radius 1 is 1.42 bits per heavy atom. The van der Waals surface area contributed by atoms with Gasteiger partial charge < -0.3 is 4.74 Å². The van der Waals surface area contributed by atoms with Gasteiger partial charge in [-0.1, -0.05) is 0 Å². The molecule has 0 saturated carbocycles. The maximum Gasteiger partial charge on any atom is 0.367 e. The molecule has 1 aromatic heterocycles. The number of nitrogens with zero attached hydrogens (tertiary/aromatic N) is 3. The Morgan fingerprint density at radius 3 is 2.92 bits per heavy atom. The number of benzene rings is 1. The quantitative estimate of drug-likeness (QED) is 0.366. The summed E-state index contributed by atoms with van der Waals surface area (Å²) in [7, 11) is 4.03. The molecule has 2 aromatic rings. The van der Waals surface area contributed by atoms with Crippen LogP contribution in [0, 0.1) is 0 Å². The van der Waals surface area contributed by atoms with E-state index < -0.39 is 0 Å². The highest BCUT2D eigenvalue weighted by atomic mass is 16.5. The number of nitrogens with one attached hydrogen (secondary N) is 3. The molecule has 0 saturated heterocycles. The van der Waals surface area contributed by atoms with Crippen LogP contribution in [0.4, 0.5) is 0 Å². The standard InChI is InChI=1S/C17H23N6O/c1-22-10-11-23(2)16(22)13-24-15-6-4-14(5-7-15)12-20-21-17-18-8-3-9-19-17/h4-7,10-12H,3,8-9,13H2,1-2H3,(H2,18,19,21)/q+1/p+1/b20-12-. The summed E-state index contributed by atoms with van der Waals surface area (Å²) in [5.41, 5.74) is 3.98. The monoisotopic (exact) mass is 328 g/mol. The summed E-state index contributed by atoms with van der Waals surface area (Å²) in [6.45, 7) is 2.47. The van der Waals surface area contributed by atoms with Crippen molar-refractivity contribution < 1.29 is 14.3 Å². The van der Waals surface area contributed by atoms with Gasteiger partial charge in [0.25, 0.3) is 5.82 Å². The zero-order valence-corrected chi connectivity index (χ0v) is 14.1. The zero-order chi connectivity index (χ0) is 16.8. The van der Waals surface area contributed by atoms with Crippen molar-refractivity contribution in [3.8, 4) is 5.75 Å². The number of aryl methyl sites for hydroxylation is 2. The Bertz CT molecular complexity index is 713. The third-order valence-corrected chi connectivity index (χ3v) is 3.92. The van der Waals surface area contributed by atoms with Crippen LogP contribution < -0.4 is 25.0 Å². The average molecular weight is 328 g/mol. The highest BCUT2D eigenvalue weighted by Gasteiger charge is 2.11. The van der Waals surface area contributed by atoms with Gasteiger partial charge in [0.05, 0.1) is 33.4 Å². The van der Waals surface area contributed by atoms with Crippen LogP contribution in [0.1, 0.15) is 17.8 Å². The lowest BCUT2D eigenvalue weighted by atomic mass is 10.2. The van der Waals surface area contributed by atoms with Gasteiger partial charge in [0.15, 0.2) is 6.61 Å². The molecular weight excluding hydrogens is 304 g/mol. The second-order valence-corrected chi connectivity index (χ2v) is 5.75. The predicted octanol–water partition coefficient (Wildman–Crippen LogP) is -1.22. The first-order valence-corrected chi connectivity index (χ1v) is 8.09. The van der Waals surface area contributed by atoms with Gasteiger partial charge >= 0.3 is 5.96 Å². The van der Waals surface area contributed by atoms with Crippen molar-refractivity contribution in [1.82, 2.24) is 15.3 Å². The Kier molecular flexibility index (Phi) is 5.10. The minimum absolute atomic E-state index is 0.532. The van der Waals surface area contributed by atoms with E-state index in [9.17, 15) is 0 Å². The van der Waals surface area contributed by atoms with Crippen molar-refractivity contribution in [3.63, 3.8) is 0 Å². The second-order valence-electron chi connectivity index (χ2n) is 5.75. The van der Waals surface area contributed by atoms with Gasteiger partial charge in [0.1, 0.15) is 18.1 Å². The third kappa shape index (κ3) is 4.13. The van der Waals surface area contributed by atoms with Crippen LogP contribution in [0.3, 0.4) is 0 Å². The van der Waals surface area contributed by atoms with Crippen LogP contribution >= 0.6 is 0 Å². The smallest absolute Gasteiger partial charge is 0.367 e. The van der Waals surface area contributed by atoms with Gasteiger partial charge in [-0.3, -0.25) is 10.3 Å². The Hall–Kier alpha value is -2.83. The SMILES string of the molecule is Cn1cc[n+](C)c1COc1ccc(/C=N\NC2=[NH+]CCCN2)cc1. The molecule has 0 fully saturated rings. The number of imidazole rings is 1. The fraction of sp³-hybridized carbons (Fsp3) is 0.353. The molecule has 0 radical (unpaired) electrons. The summed E-state index contributed by atoms with van der Waals surface area (Å²) < 4.78 is 9.95. The normalized spacial score (nSPS) is 14.3. The molecule has 0 atom stereocenters. The number of ether oxygens (including phenoxy) is 1. The molecule has 24 heavy (non-hydrogen) atoms. The molecule has 126 valence electrons. The van der Waals surface area contributed by atoms with Gasteiger partial charge in [0, 0.05) is 6.42 Å². The minimum Gasteiger partial charge on any atom is -0.481 e. The lowest BCUT2D eigenvalue weighted by Gasteiger charge is -2.06. The van der Waals surface area contributed by atoms with Crippen LogP contribution in [-0.2, 0) is 20.7 Å². The van der Waals surface area contributed by atoms with E-state index >= 15 is 0 Å². The summed E-state index contributed by atoms with van der Waals surface area (Å²) >= 11 is 0. The van der Waals surface area contributed by atoms with E-state index in [2.05, 4.69) is 30.0 Å². The molecule has 1 aliphatic rings. The molecule has 1 aliphatic heterocycles. The number of guanidine groups is 1. The van der Waals surface area contributed by atoms with Crippen molar-refractivity contribution in [2.45, 2.75) is 13.0 Å². The van der Waals surface area contributed by atoms with Crippen molar-refractivity contribution in [1.29, 1.82) is 0 Å². The molecular formula is C17H24N6O+2. The first-order valence-electron chi connectivity index (χ1n) is 8.09. The zero-order valence-electron chi connectivity index (χ0n) is 14.1. The van der Waals surface area contributed by atoms with E-state index in [0.29, 0.717) is 6.61 Å². The number of hydrogen-bond donors (Lipinski definition) is 3. The van der Waals surface area contributed by atoms with Gasteiger partial charge in [-0.2, -0.15) is 5.43 Å². The Balaban J connectivity index is 1.52. The molecule has 0 spiro atoms. The number of aromatic nitrogens is 2. The second kappa shape index (κ2) is 7.63. The maximum absolute atomic E-state index is 5.84. The van der Waals surface area contributed by atoms with Gasteiger partial charge in [-0.05, 0) is 29.8 Å². The highest BCUT2D eigenvalue weighted by Crippen LogP contribution is 2.12. The van der Waals surface area contributed by atoms with Crippen LogP contribution in [0.5, 0.6) is 5.75 Å². The van der Waals surface area contributed by atoms with Gasteiger partial charge in [-0.25, -0.2) is 9.13 Å². The summed E-state index contributed by atoms with van der Waals surface area (Å²) in [6, 6.07) is 7.87. The van der Waals surface area contributed by atoms with Crippen molar-refractivity contribution >= 4 is 12.2 Å². The lowest BCUT2D eigenvalue weighted by Crippen LogP contribution is -2.81. The van der Waals surface area contributed by atoms with Gasteiger partial charge in [0.2, 0.25) is 0 Å². The molecule has 0 amide bonds. The lowest BCUT2D eigenvalue weighted by molar-refractivity contribution is -0.680. The average Bonchev–Trinajstić information content (AvgIpc) is 2.93. The molecule has 0 aliphatic carbocycles. The van der Waals surface area contributed by atoms with Crippen molar-refractivity contribution in [2.24, 2.45) is 19.2 Å². The summed E-state index contributed by atoms with van der Waals surface area (Å²) in [5, 5.41) is 7.43. The molecule has 3 N–H and O–H groups in total. The van der Waals surface area contributed by atoms with E-state index in [-0.39, 0.29) is 0 Å². The Labute approximate surface area is 141 Å². The van der Waals surface area contributed by atoms with Crippen LogP contribution in [-0.4, -0.2) is 29.8 Å². The highest BCUT2D eigenvalue weighted by molar-refractivity contribution is 5.82. The maximum atomic E-state index is 5.84. The molecule has 7 nitrogen and oxygen atoms in total. The Morgan fingerprint density at radius 2 is 2.25 bits per heavy atom. The topological polar surface area (TPSA) is 68.4 Å². The van der Waals surface area contributed by atoms with E-state index in [1.54, 1.807) is 6.21 Å². The first-order chi connectivity index (χ1) is 11.7. The van der Waals surface area contributed by atoms with Crippen LogP contribution in [0.25, 0.3) is 0 Å². The van der Waals surface area contributed by atoms with E-state index in [4.69, 9.17) is 4.74 Å². The van der Waals surface area contributed by atoms with Crippen LogP contribution in [0.2, 0.25) is 0 Å². The molecule has 0 unspecified atom stereocenters. The fourth-order valence-electron chi connectivity index (χ4n) is 2.45. The van der Waals surface area contributed by atoms with Crippen molar-refractivity contribution in [3.05, 3.63) is 48.0 Å². The summed E-state index contributed by atoms with van der Waals surface area (Å²) in [5.74, 6) is 2.80. The summed E-state index contributed by atoms with van der Waals surface area (Å²) in [6.07, 6.45) is 6.93. The number of hydrazone groups is 1. The van der Waals surface area contributed by atoms with Gasteiger partial charge in [-0.15, -0.1) is 5.10 Å².